The molecule has 1 aromatic rings. The van der Waals surface area contributed by atoms with Crippen LogP contribution in [0.15, 0.2) is 36.4 Å². The summed E-state index contributed by atoms with van der Waals surface area (Å²) in [6, 6.07) is 7.51. The van der Waals surface area contributed by atoms with E-state index in [2.05, 4.69) is 17.5 Å². The lowest BCUT2D eigenvalue weighted by molar-refractivity contribution is -0.121. The summed E-state index contributed by atoms with van der Waals surface area (Å²) in [5.74, 6) is 0.502. The monoisotopic (exact) mass is 356 g/mol. The van der Waals surface area contributed by atoms with Gasteiger partial charge in [0, 0.05) is 31.6 Å². The average Bonchev–Trinajstić information content (AvgIpc) is 3.12. The SMILES string of the molecule is C[C@@H]1CN(C(=O)c2ccc(CNC(=O)C[C@H]3C=CCC3)cc2)C[C@H](C)O1. The molecule has 1 fully saturated rings. The Kier molecular flexibility index (Phi) is 6.09. The molecular weight excluding hydrogens is 328 g/mol. The molecule has 3 rings (SSSR count). The predicted molar refractivity (Wildman–Crippen MR) is 101 cm³/mol. The minimum absolute atomic E-state index is 0.0376. The first-order valence-electron chi connectivity index (χ1n) is 9.48. The Morgan fingerprint density at radius 3 is 2.46 bits per heavy atom. The molecule has 1 saturated heterocycles. The summed E-state index contributed by atoms with van der Waals surface area (Å²) in [7, 11) is 0. The largest absolute Gasteiger partial charge is 0.372 e. The Bertz CT molecular complexity index is 658. The minimum Gasteiger partial charge on any atom is -0.372 e. The third kappa shape index (κ3) is 4.94. The molecule has 0 radical (unpaired) electrons. The zero-order chi connectivity index (χ0) is 18.5. The van der Waals surface area contributed by atoms with Crippen molar-refractivity contribution in [3.8, 4) is 0 Å². The normalized spacial score (nSPS) is 25.3. The number of carbonyl (C=O) groups excluding carboxylic acids is 2. The topological polar surface area (TPSA) is 58.6 Å². The molecule has 1 heterocycles. The van der Waals surface area contributed by atoms with E-state index in [9.17, 15) is 9.59 Å². The fourth-order valence-electron chi connectivity index (χ4n) is 3.67. The van der Waals surface area contributed by atoms with Crippen LogP contribution in [-0.2, 0) is 16.1 Å². The van der Waals surface area contributed by atoms with E-state index >= 15 is 0 Å². The number of nitrogens with zero attached hydrogens (tertiary/aromatic N) is 1. The second-order valence-corrected chi connectivity index (χ2v) is 7.41. The first-order chi connectivity index (χ1) is 12.5. The maximum atomic E-state index is 12.7. The van der Waals surface area contributed by atoms with Gasteiger partial charge in [0.25, 0.3) is 5.91 Å². The molecule has 0 unspecified atom stereocenters. The van der Waals surface area contributed by atoms with Gasteiger partial charge in [0.2, 0.25) is 5.91 Å². The fourth-order valence-corrected chi connectivity index (χ4v) is 3.67. The van der Waals surface area contributed by atoms with E-state index in [0.717, 1.165) is 18.4 Å². The molecule has 3 atom stereocenters. The van der Waals surface area contributed by atoms with Crippen molar-refractivity contribution in [2.24, 2.45) is 5.92 Å². The molecule has 2 aliphatic rings. The summed E-state index contributed by atoms with van der Waals surface area (Å²) in [4.78, 5) is 26.5. The van der Waals surface area contributed by atoms with Crippen LogP contribution >= 0.6 is 0 Å². The van der Waals surface area contributed by atoms with Crippen molar-refractivity contribution in [1.29, 1.82) is 0 Å². The van der Waals surface area contributed by atoms with Gasteiger partial charge in [0.15, 0.2) is 0 Å². The Balaban J connectivity index is 1.50. The van der Waals surface area contributed by atoms with Crippen molar-refractivity contribution >= 4 is 11.8 Å². The van der Waals surface area contributed by atoms with Crippen LogP contribution in [0.5, 0.6) is 0 Å². The standard InChI is InChI=1S/C21H28N2O3/c1-15-13-23(14-16(2)26-15)21(25)19-9-7-18(8-10-19)12-22-20(24)11-17-5-3-4-6-17/h3,5,7-10,15-17H,4,6,11-14H2,1-2H3,(H,22,24)/t15-,16+,17-/m0/s1. The lowest BCUT2D eigenvalue weighted by atomic mass is 10.0. The molecule has 0 aromatic heterocycles. The minimum atomic E-state index is 0.0376. The van der Waals surface area contributed by atoms with Gasteiger partial charge in [-0.15, -0.1) is 0 Å². The first-order valence-corrected chi connectivity index (χ1v) is 9.48. The third-order valence-corrected chi connectivity index (χ3v) is 4.96. The van der Waals surface area contributed by atoms with Crippen LogP contribution in [0, 0.1) is 5.92 Å². The number of hydrogen-bond donors (Lipinski definition) is 1. The molecule has 1 aliphatic carbocycles. The summed E-state index contributed by atoms with van der Waals surface area (Å²) < 4.78 is 5.69. The van der Waals surface area contributed by atoms with E-state index < -0.39 is 0 Å². The quantitative estimate of drug-likeness (QED) is 0.825. The molecule has 1 aromatic carbocycles. The summed E-state index contributed by atoms with van der Waals surface area (Å²) in [6.45, 7) is 5.72. The fraction of sp³-hybridized carbons (Fsp3) is 0.524. The van der Waals surface area contributed by atoms with Crippen LogP contribution in [0.25, 0.3) is 0 Å². The Labute approximate surface area is 155 Å². The van der Waals surface area contributed by atoms with E-state index in [1.807, 2.05) is 43.0 Å². The average molecular weight is 356 g/mol. The second-order valence-electron chi connectivity index (χ2n) is 7.41. The van der Waals surface area contributed by atoms with E-state index in [1.165, 1.54) is 0 Å². The number of nitrogens with one attached hydrogen (secondary N) is 1. The van der Waals surface area contributed by atoms with Crippen molar-refractivity contribution in [1.82, 2.24) is 10.2 Å². The third-order valence-electron chi connectivity index (χ3n) is 4.96. The number of benzene rings is 1. The van der Waals surface area contributed by atoms with Crippen LogP contribution in [-0.4, -0.2) is 42.0 Å². The number of ether oxygens (including phenoxy) is 1. The number of carbonyl (C=O) groups is 2. The van der Waals surface area contributed by atoms with Crippen molar-refractivity contribution in [3.05, 3.63) is 47.5 Å². The van der Waals surface area contributed by atoms with E-state index in [-0.39, 0.29) is 24.0 Å². The summed E-state index contributed by atoms with van der Waals surface area (Å²) in [6.07, 6.45) is 7.10. The first kappa shape index (κ1) is 18.6. The van der Waals surface area contributed by atoms with Crippen LogP contribution in [0.4, 0.5) is 0 Å². The molecule has 1 aliphatic heterocycles. The van der Waals surface area contributed by atoms with E-state index in [4.69, 9.17) is 4.74 Å². The Morgan fingerprint density at radius 1 is 1.15 bits per heavy atom. The predicted octanol–water partition coefficient (Wildman–Crippen LogP) is 2.91. The van der Waals surface area contributed by atoms with Crippen LogP contribution in [0.2, 0.25) is 0 Å². The molecule has 0 spiro atoms. The number of amides is 2. The molecule has 0 bridgehead atoms. The molecule has 1 N–H and O–H groups in total. The van der Waals surface area contributed by atoms with Crippen LogP contribution in [0.3, 0.4) is 0 Å². The second kappa shape index (κ2) is 8.49. The van der Waals surface area contributed by atoms with Gasteiger partial charge >= 0.3 is 0 Å². The van der Waals surface area contributed by atoms with Crippen LogP contribution < -0.4 is 5.32 Å². The highest BCUT2D eigenvalue weighted by atomic mass is 16.5. The highest BCUT2D eigenvalue weighted by molar-refractivity contribution is 5.94. The van der Waals surface area contributed by atoms with Gasteiger partial charge < -0.3 is 15.0 Å². The zero-order valence-electron chi connectivity index (χ0n) is 15.6. The van der Waals surface area contributed by atoms with Crippen molar-refractivity contribution in [3.63, 3.8) is 0 Å². The molecule has 2 amide bonds. The Morgan fingerprint density at radius 2 is 1.85 bits per heavy atom. The van der Waals surface area contributed by atoms with Gasteiger partial charge in [-0.05, 0) is 50.3 Å². The summed E-state index contributed by atoms with van der Waals surface area (Å²) in [5.41, 5.74) is 1.68. The van der Waals surface area contributed by atoms with Gasteiger partial charge in [0.05, 0.1) is 12.2 Å². The Hall–Kier alpha value is -2.14. The van der Waals surface area contributed by atoms with Crippen molar-refractivity contribution in [2.75, 3.05) is 13.1 Å². The molecule has 5 heteroatoms. The number of allylic oxidation sites excluding steroid dienone is 2. The molecule has 140 valence electrons. The van der Waals surface area contributed by atoms with Gasteiger partial charge in [-0.2, -0.15) is 0 Å². The molecule has 26 heavy (non-hydrogen) atoms. The molecule has 0 saturated carbocycles. The smallest absolute Gasteiger partial charge is 0.254 e. The lowest BCUT2D eigenvalue weighted by Crippen LogP contribution is -2.48. The lowest BCUT2D eigenvalue weighted by Gasteiger charge is -2.35. The van der Waals surface area contributed by atoms with E-state index in [1.54, 1.807) is 0 Å². The maximum Gasteiger partial charge on any atom is 0.254 e. The highest BCUT2D eigenvalue weighted by Gasteiger charge is 2.26. The van der Waals surface area contributed by atoms with Gasteiger partial charge in [-0.3, -0.25) is 9.59 Å². The van der Waals surface area contributed by atoms with Gasteiger partial charge in [-0.25, -0.2) is 0 Å². The molecule has 5 nitrogen and oxygen atoms in total. The number of rotatable bonds is 5. The maximum absolute atomic E-state index is 12.7. The zero-order valence-corrected chi connectivity index (χ0v) is 15.6. The van der Waals surface area contributed by atoms with Gasteiger partial charge in [-0.1, -0.05) is 24.3 Å². The van der Waals surface area contributed by atoms with Crippen molar-refractivity contribution < 1.29 is 14.3 Å². The number of morpholine rings is 1. The highest BCUT2D eigenvalue weighted by Crippen LogP contribution is 2.20. The number of hydrogen-bond acceptors (Lipinski definition) is 3. The summed E-state index contributed by atoms with van der Waals surface area (Å²) in [5, 5.41) is 2.96. The summed E-state index contributed by atoms with van der Waals surface area (Å²) >= 11 is 0. The van der Waals surface area contributed by atoms with E-state index in [0.29, 0.717) is 37.5 Å². The van der Waals surface area contributed by atoms with Crippen molar-refractivity contribution in [2.45, 2.75) is 51.9 Å². The molecular formula is C21H28N2O3. The van der Waals surface area contributed by atoms with Gasteiger partial charge in [0.1, 0.15) is 0 Å². The van der Waals surface area contributed by atoms with Crippen LogP contribution in [0.1, 0.15) is 49.0 Å².